The average molecular weight is 471 g/mol. The Bertz CT molecular complexity index is 1070. The highest BCUT2D eigenvalue weighted by Gasteiger charge is 2.01. The monoisotopic (exact) mass is 470 g/mol. The topological polar surface area (TPSA) is 103 Å². The highest BCUT2D eigenvalue weighted by atomic mass is 32.1. The third kappa shape index (κ3) is 8.76. The molecule has 0 aliphatic carbocycles. The zero-order chi connectivity index (χ0) is 24.8. The Hall–Kier alpha value is -4.16. The van der Waals surface area contributed by atoms with Crippen LogP contribution in [-0.2, 0) is 25.4 Å². The summed E-state index contributed by atoms with van der Waals surface area (Å²) in [5.74, 6) is -0.766. The van der Waals surface area contributed by atoms with Gasteiger partial charge in [-0.1, -0.05) is 84.9 Å². The van der Waals surface area contributed by atoms with Crippen LogP contribution in [0, 0.1) is 0 Å². The summed E-state index contributed by atoms with van der Waals surface area (Å²) in [6, 6.07) is 35.2. The fourth-order valence-electron chi connectivity index (χ4n) is 3.24. The Kier molecular flexibility index (Phi) is 10.8. The molecule has 0 radical (unpaired) electrons. The molecule has 172 valence electrons. The van der Waals surface area contributed by atoms with E-state index in [9.17, 15) is 9.59 Å². The van der Waals surface area contributed by atoms with E-state index in [1.165, 1.54) is 22.3 Å². The van der Waals surface area contributed by atoms with Crippen molar-refractivity contribution in [1.82, 2.24) is 0 Å². The molecule has 0 spiro atoms. The van der Waals surface area contributed by atoms with Crippen molar-refractivity contribution in [3.63, 3.8) is 0 Å². The van der Waals surface area contributed by atoms with Crippen molar-refractivity contribution in [3.8, 4) is 0 Å². The van der Waals surface area contributed by atoms with Crippen molar-refractivity contribution in [1.29, 1.82) is 0 Å². The number of nitrogens with two attached hydrogens (primary N) is 2. The third-order valence-corrected chi connectivity index (χ3v) is 4.98. The molecule has 0 aliphatic heterocycles. The number of carbonyl (C=O) groups excluding carboxylic acids is 2. The average Bonchev–Trinajstić information content (AvgIpc) is 2.88. The van der Waals surface area contributed by atoms with Crippen molar-refractivity contribution in [2.45, 2.75) is 12.8 Å². The van der Waals surface area contributed by atoms with E-state index >= 15 is 0 Å². The van der Waals surface area contributed by atoms with Gasteiger partial charge in [0.15, 0.2) is 12.5 Å². The van der Waals surface area contributed by atoms with Crippen molar-refractivity contribution in [2.24, 2.45) is 11.5 Å². The van der Waals surface area contributed by atoms with E-state index in [4.69, 9.17) is 15.7 Å². The third-order valence-electron chi connectivity index (χ3n) is 4.98. The van der Waals surface area contributed by atoms with Gasteiger partial charge in [-0.3, -0.25) is 9.59 Å². The molecular formula is C28H26N2O3S. The van der Waals surface area contributed by atoms with Gasteiger partial charge in [-0.25, -0.2) is 0 Å². The molecule has 0 aromatic heterocycles. The van der Waals surface area contributed by atoms with Gasteiger partial charge in [-0.05, 0) is 59.4 Å². The molecule has 0 heterocycles. The predicted molar refractivity (Wildman–Crippen MR) is 137 cm³/mol. The van der Waals surface area contributed by atoms with Crippen LogP contribution in [0.15, 0.2) is 109 Å². The van der Waals surface area contributed by atoms with Gasteiger partial charge in [0.2, 0.25) is 11.8 Å². The highest BCUT2D eigenvalue weighted by Crippen LogP contribution is 2.11. The van der Waals surface area contributed by atoms with Gasteiger partial charge in [0.1, 0.15) is 0 Å². The van der Waals surface area contributed by atoms with Crippen LogP contribution < -0.4 is 11.5 Å². The van der Waals surface area contributed by atoms with Crippen LogP contribution in [0.1, 0.15) is 43.0 Å². The van der Waals surface area contributed by atoms with Gasteiger partial charge in [-0.15, -0.1) is 0 Å². The van der Waals surface area contributed by atoms with Gasteiger partial charge >= 0.3 is 0 Å². The maximum absolute atomic E-state index is 10.9. The number of amides is 2. The molecular weight excluding hydrogens is 444 g/mol. The molecule has 0 fully saturated rings. The summed E-state index contributed by atoms with van der Waals surface area (Å²) in [6.07, 6.45) is 1.75. The first-order valence-corrected chi connectivity index (χ1v) is 10.9. The van der Waals surface area contributed by atoms with Crippen molar-refractivity contribution >= 4 is 24.3 Å². The summed E-state index contributed by atoms with van der Waals surface area (Å²) in [5.41, 5.74) is 16.3. The smallest absolute Gasteiger partial charge is 0.248 e. The largest absolute Gasteiger partial charge is 0.366 e. The van der Waals surface area contributed by atoms with Gasteiger partial charge in [0.05, 0.1) is 0 Å². The zero-order valence-corrected chi connectivity index (χ0v) is 19.4. The Morgan fingerprint density at radius 3 is 1.00 bits per heavy atom. The minimum Gasteiger partial charge on any atom is -0.366 e. The number of carbonyl (C=O) groups is 2. The van der Waals surface area contributed by atoms with E-state index in [1.807, 2.05) is 60.7 Å². The van der Waals surface area contributed by atoms with Crippen molar-refractivity contribution in [3.05, 3.63) is 143 Å². The van der Waals surface area contributed by atoms with E-state index in [0.29, 0.717) is 11.1 Å². The molecule has 4 N–H and O–H groups in total. The minimum absolute atomic E-state index is 0.383. The molecule has 4 aromatic rings. The second kappa shape index (κ2) is 14.1. The molecule has 2 amide bonds. The van der Waals surface area contributed by atoms with Gasteiger partial charge < -0.3 is 11.5 Å². The molecule has 0 unspecified atom stereocenters. The highest BCUT2D eigenvalue weighted by molar-refractivity contribution is 7.44. The van der Waals surface area contributed by atoms with Crippen molar-refractivity contribution in [2.75, 3.05) is 0 Å². The van der Waals surface area contributed by atoms with E-state index in [1.54, 1.807) is 24.3 Å². The SMILES string of the molecule is NC(=O)c1ccc(Cc2ccccc2)cc1.NC(=O)c1ccc(Cc2ccccc2)cc1.O=S. The van der Waals surface area contributed by atoms with E-state index in [-0.39, 0.29) is 11.8 Å². The first kappa shape index (κ1) is 26.1. The minimum atomic E-state index is -0.383. The zero-order valence-electron chi connectivity index (χ0n) is 18.6. The lowest BCUT2D eigenvalue weighted by atomic mass is 10.0. The number of benzene rings is 4. The molecule has 0 saturated heterocycles. The first-order chi connectivity index (χ1) is 16.5. The number of primary amides is 2. The number of hydrogen-bond donors (Lipinski definition) is 2. The maximum atomic E-state index is 10.9. The Morgan fingerprint density at radius 2 is 0.735 bits per heavy atom. The Labute approximate surface area is 205 Å². The van der Waals surface area contributed by atoms with E-state index in [2.05, 4.69) is 36.8 Å². The fraction of sp³-hybridized carbons (Fsp3) is 0.0714. The summed E-state index contributed by atoms with van der Waals surface area (Å²) >= 11 is 2.83. The predicted octanol–water partition coefficient (Wildman–Crippen LogP) is 4.42. The van der Waals surface area contributed by atoms with Crippen LogP contribution in [0.25, 0.3) is 0 Å². The second-order valence-corrected chi connectivity index (χ2v) is 7.45. The molecule has 0 saturated carbocycles. The summed E-state index contributed by atoms with van der Waals surface area (Å²) in [7, 11) is 0. The Balaban J connectivity index is 0.000000224. The van der Waals surface area contributed by atoms with Gasteiger partial charge in [-0.2, -0.15) is 4.21 Å². The summed E-state index contributed by atoms with van der Waals surface area (Å²) in [5, 5.41) is 0. The van der Waals surface area contributed by atoms with Gasteiger partial charge in [0.25, 0.3) is 0 Å². The lowest BCUT2D eigenvalue weighted by molar-refractivity contribution is 0.0992. The van der Waals surface area contributed by atoms with E-state index < -0.39 is 0 Å². The van der Waals surface area contributed by atoms with Crippen molar-refractivity contribution < 1.29 is 13.8 Å². The molecule has 4 aromatic carbocycles. The lowest BCUT2D eigenvalue weighted by Gasteiger charge is -2.02. The molecule has 5 nitrogen and oxygen atoms in total. The second-order valence-electron chi connectivity index (χ2n) is 7.45. The molecule has 4 rings (SSSR count). The summed E-state index contributed by atoms with van der Waals surface area (Å²) in [4.78, 5) is 21.8. The van der Waals surface area contributed by atoms with Gasteiger partial charge in [0, 0.05) is 11.1 Å². The van der Waals surface area contributed by atoms with Crippen LogP contribution in [0.2, 0.25) is 0 Å². The molecule has 0 aliphatic rings. The number of rotatable bonds is 6. The van der Waals surface area contributed by atoms with Crippen LogP contribution in [0.3, 0.4) is 0 Å². The van der Waals surface area contributed by atoms with Crippen LogP contribution in [0.5, 0.6) is 0 Å². The maximum Gasteiger partial charge on any atom is 0.248 e. The number of hydrogen-bond acceptors (Lipinski definition) is 4. The summed E-state index contributed by atoms with van der Waals surface area (Å²) < 4.78 is 7.83. The Morgan fingerprint density at radius 1 is 0.471 bits per heavy atom. The molecule has 34 heavy (non-hydrogen) atoms. The molecule has 0 atom stereocenters. The standard InChI is InChI=1S/2C14H13NO.OS/c2*15-14(16)13-8-6-12(7-9-13)10-11-4-2-1-3-5-11;1-2/h2*1-9H,10H2,(H2,15,16);. The lowest BCUT2D eigenvalue weighted by Crippen LogP contribution is -2.10. The molecule has 0 bridgehead atoms. The fourth-order valence-corrected chi connectivity index (χ4v) is 3.24. The normalized spacial score (nSPS) is 9.53. The molecule has 6 heteroatoms. The summed E-state index contributed by atoms with van der Waals surface area (Å²) in [6.45, 7) is 0. The quantitative estimate of drug-likeness (QED) is 0.435. The van der Waals surface area contributed by atoms with E-state index in [0.717, 1.165) is 12.8 Å². The van der Waals surface area contributed by atoms with Crippen LogP contribution in [-0.4, -0.2) is 16.0 Å². The van der Waals surface area contributed by atoms with Crippen LogP contribution >= 0.6 is 0 Å². The first-order valence-electron chi connectivity index (χ1n) is 10.5. The van der Waals surface area contributed by atoms with Crippen LogP contribution in [0.4, 0.5) is 0 Å².